The largest absolute Gasteiger partial charge is 0.389 e. The van der Waals surface area contributed by atoms with Crippen LogP contribution in [0.5, 0.6) is 0 Å². The van der Waals surface area contributed by atoms with Crippen molar-refractivity contribution in [3.63, 3.8) is 0 Å². The molecule has 0 radical (unpaired) electrons. The molecule has 6 heteroatoms. The molecule has 0 aliphatic rings. The lowest BCUT2D eigenvalue weighted by atomic mass is 10.4. The molecular weight excluding hydrogens is 246 g/mol. The summed E-state index contributed by atoms with van der Waals surface area (Å²) in [6.45, 7) is 2.00. The van der Waals surface area contributed by atoms with Gasteiger partial charge in [0.25, 0.3) is 0 Å². The van der Waals surface area contributed by atoms with Crippen LogP contribution in [-0.2, 0) is 0 Å². The molecule has 0 aliphatic carbocycles. The maximum Gasteiger partial charge on any atom is 0.136 e. The second kappa shape index (κ2) is 3.26. The number of rotatable bonds is 1. The summed E-state index contributed by atoms with van der Waals surface area (Å²) in [6, 6.07) is 0. The van der Waals surface area contributed by atoms with E-state index in [1.165, 1.54) is 4.70 Å². The monoisotopic (exact) mass is 253 g/mol. The van der Waals surface area contributed by atoms with Crippen LogP contribution in [0.15, 0.2) is 10.9 Å². The third-order valence-electron chi connectivity index (χ3n) is 2.12. The Morgan fingerprint density at radius 2 is 2.20 bits per heavy atom. The molecule has 0 bridgehead atoms. The van der Waals surface area contributed by atoms with Crippen molar-refractivity contribution in [3.05, 3.63) is 16.6 Å². The Hall–Kier alpha value is -0.980. The molecule has 3 nitrogen and oxygen atoms in total. The summed E-state index contributed by atoms with van der Waals surface area (Å²) in [5, 5.41) is 3.89. The molecule has 0 atom stereocenters. The van der Waals surface area contributed by atoms with E-state index in [4.69, 9.17) is 5.73 Å². The van der Waals surface area contributed by atoms with Crippen molar-refractivity contribution < 1.29 is 0 Å². The van der Waals surface area contributed by atoms with Crippen molar-refractivity contribution >= 4 is 49.2 Å². The maximum atomic E-state index is 5.83. The molecule has 0 unspecified atom stereocenters. The topological polar surface area (TPSA) is 51.8 Å². The van der Waals surface area contributed by atoms with Gasteiger partial charge in [0.2, 0.25) is 0 Å². The van der Waals surface area contributed by atoms with Crippen molar-refractivity contribution in [3.8, 4) is 9.88 Å². The van der Waals surface area contributed by atoms with E-state index in [-0.39, 0.29) is 0 Å². The number of aryl methyl sites for hydroxylation is 1. The highest BCUT2D eigenvalue weighted by Crippen LogP contribution is 2.38. The fraction of sp³-hybridized carbons (Fsp3) is 0.111. The van der Waals surface area contributed by atoms with E-state index in [9.17, 15) is 0 Å². The summed E-state index contributed by atoms with van der Waals surface area (Å²) in [6.07, 6.45) is 0. The van der Waals surface area contributed by atoms with Gasteiger partial charge >= 0.3 is 0 Å². The Morgan fingerprint density at radius 3 is 2.87 bits per heavy atom. The van der Waals surface area contributed by atoms with Crippen LogP contribution in [-0.4, -0.2) is 9.97 Å². The molecule has 2 N–H and O–H groups in total. The number of nitrogens with zero attached hydrogens (tertiary/aromatic N) is 2. The van der Waals surface area contributed by atoms with Gasteiger partial charge in [-0.1, -0.05) is 0 Å². The van der Waals surface area contributed by atoms with Crippen LogP contribution in [0.2, 0.25) is 0 Å². The molecular formula is C9H7N3S3. The Bertz CT molecular complexity index is 619. The zero-order valence-electron chi connectivity index (χ0n) is 7.85. The molecule has 3 aromatic heterocycles. The SMILES string of the molecule is Cc1ncsc1-c1nc2c(N)scc2s1. The average Bonchev–Trinajstić information content (AvgIpc) is 2.84. The van der Waals surface area contributed by atoms with E-state index < -0.39 is 0 Å². The first-order valence-corrected chi connectivity index (χ1v) is 6.87. The fourth-order valence-corrected chi connectivity index (χ4v) is 4.17. The lowest BCUT2D eigenvalue weighted by molar-refractivity contribution is 1.26. The molecule has 15 heavy (non-hydrogen) atoms. The summed E-state index contributed by atoms with van der Waals surface area (Å²) in [4.78, 5) is 9.93. The first kappa shape index (κ1) is 9.26. The molecule has 0 fully saturated rings. The molecule has 3 heterocycles. The van der Waals surface area contributed by atoms with Crippen LogP contribution in [0.1, 0.15) is 5.69 Å². The summed E-state index contributed by atoms with van der Waals surface area (Å²) in [7, 11) is 0. The van der Waals surface area contributed by atoms with Crippen LogP contribution in [0.25, 0.3) is 20.1 Å². The Kier molecular flexibility index (Phi) is 2.01. The minimum Gasteiger partial charge on any atom is -0.389 e. The van der Waals surface area contributed by atoms with E-state index in [1.54, 1.807) is 34.0 Å². The van der Waals surface area contributed by atoms with Gasteiger partial charge in [0, 0.05) is 5.38 Å². The van der Waals surface area contributed by atoms with Crippen LogP contribution in [0.4, 0.5) is 5.00 Å². The average molecular weight is 253 g/mol. The number of fused-ring (bicyclic) bond motifs is 1. The second-order valence-corrected chi connectivity index (χ2v) is 5.90. The highest BCUT2D eigenvalue weighted by Gasteiger charge is 2.13. The van der Waals surface area contributed by atoms with E-state index in [0.29, 0.717) is 0 Å². The lowest BCUT2D eigenvalue weighted by Gasteiger charge is -1.89. The summed E-state index contributed by atoms with van der Waals surface area (Å²) in [5.74, 6) is 0. The normalized spacial score (nSPS) is 11.3. The second-order valence-electron chi connectivity index (χ2n) is 3.10. The zero-order chi connectivity index (χ0) is 10.4. The number of hydrogen-bond acceptors (Lipinski definition) is 6. The third kappa shape index (κ3) is 1.37. The maximum absolute atomic E-state index is 5.83. The summed E-state index contributed by atoms with van der Waals surface area (Å²) in [5.41, 5.74) is 9.66. The molecule has 0 saturated carbocycles. The Balaban J connectivity index is 2.24. The molecule has 0 saturated heterocycles. The quantitative estimate of drug-likeness (QED) is 0.723. The Labute approximate surface area is 98.2 Å². The first-order valence-electron chi connectivity index (χ1n) is 4.29. The number of aromatic nitrogens is 2. The predicted octanol–water partition coefficient (Wildman–Crippen LogP) is 3.37. The summed E-state index contributed by atoms with van der Waals surface area (Å²) < 4.78 is 1.17. The minimum atomic E-state index is 0.801. The molecule has 0 aliphatic heterocycles. The standard InChI is InChI=1S/C9H7N3S3/c1-4-7(14-3-11-4)9-12-6-5(15-9)2-13-8(6)10/h2-3H,10H2,1H3. The number of anilines is 1. The van der Waals surface area contributed by atoms with Gasteiger partial charge < -0.3 is 5.73 Å². The number of nitrogens with two attached hydrogens (primary N) is 1. The van der Waals surface area contributed by atoms with Crippen LogP contribution < -0.4 is 5.73 Å². The molecule has 3 aromatic rings. The van der Waals surface area contributed by atoms with Gasteiger partial charge in [-0.05, 0) is 6.92 Å². The van der Waals surface area contributed by atoms with E-state index in [1.807, 2.05) is 12.4 Å². The zero-order valence-corrected chi connectivity index (χ0v) is 10.3. The molecule has 76 valence electrons. The molecule has 0 aromatic carbocycles. The van der Waals surface area contributed by atoms with Gasteiger partial charge in [0.15, 0.2) is 0 Å². The molecule has 0 amide bonds. The minimum absolute atomic E-state index is 0.801. The number of hydrogen-bond donors (Lipinski definition) is 1. The van der Waals surface area contributed by atoms with Crippen molar-refractivity contribution in [1.29, 1.82) is 0 Å². The van der Waals surface area contributed by atoms with E-state index >= 15 is 0 Å². The number of thiazole rings is 2. The van der Waals surface area contributed by atoms with Crippen molar-refractivity contribution in [1.82, 2.24) is 9.97 Å². The number of thiophene rings is 1. The van der Waals surface area contributed by atoms with Crippen molar-refractivity contribution in [2.45, 2.75) is 6.92 Å². The molecule has 0 spiro atoms. The molecule has 3 rings (SSSR count). The van der Waals surface area contributed by atoms with Crippen molar-refractivity contribution in [2.24, 2.45) is 0 Å². The van der Waals surface area contributed by atoms with Crippen LogP contribution >= 0.6 is 34.0 Å². The fourth-order valence-electron chi connectivity index (χ4n) is 1.37. The van der Waals surface area contributed by atoms with Gasteiger partial charge in [0.05, 0.1) is 20.8 Å². The summed E-state index contributed by atoms with van der Waals surface area (Å²) >= 11 is 4.85. The predicted molar refractivity (Wildman–Crippen MR) is 67.8 cm³/mol. The van der Waals surface area contributed by atoms with Gasteiger partial charge in [-0.15, -0.1) is 34.0 Å². The third-order valence-corrected chi connectivity index (χ3v) is 5.15. The highest BCUT2D eigenvalue weighted by atomic mass is 32.1. The van der Waals surface area contributed by atoms with Crippen LogP contribution in [0.3, 0.4) is 0 Å². The number of nitrogen functional groups attached to an aromatic ring is 1. The Morgan fingerprint density at radius 1 is 1.33 bits per heavy atom. The van der Waals surface area contributed by atoms with Crippen LogP contribution in [0, 0.1) is 6.92 Å². The lowest BCUT2D eigenvalue weighted by Crippen LogP contribution is -1.80. The smallest absolute Gasteiger partial charge is 0.136 e. The van der Waals surface area contributed by atoms with Gasteiger partial charge in [-0.3, -0.25) is 0 Å². The van der Waals surface area contributed by atoms with Crippen molar-refractivity contribution in [2.75, 3.05) is 5.73 Å². The van der Waals surface area contributed by atoms with Gasteiger partial charge in [-0.2, -0.15) is 0 Å². The van der Waals surface area contributed by atoms with E-state index in [2.05, 4.69) is 15.3 Å². The first-order chi connectivity index (χ1) is 7.25. The van der Waals surface area contributed by atoms with Gasteiger partial charge in [-0.25, -0.2) is 9.97 Å². The van der Waals surface area contributed by atoms with E-state index in [0.717, 1.165) is 26.1 Å². The highest BCUT2D eigenvalue weighted by molar-refractivity contribution is 7.28. The van der Waals surface area contributed by atoms with Gasteiger partial charge in [0.1, 0.15) is 15.5 Å².